The molecule has 1 aliphatic rings. The van der Waals surface area contributed by atoms with Crippen molar-refractivity contribution in [2.45, 2.75) is 50.3 Å². The smallest absolute Gasteiger partial charge is 0.237 e. The van der Waals surface area contributed by atoms with Gasteiger partial charge in [0.2, 0.25) is 5.91 Å². The van der Waals surface area contributed by atoms with E-state index in [0.717, 1.165) is 6.54 Å². The molecule has 1 amide bonds. The molecule has 1 fully saturated rings. The SMILES string of the molecule is CSC1(CNC(=O)C(N)C(C)C)CCCC1. The molecular weight excluding hydrogens is 220 g/mol. The first kappa shape index (κ1) is 13.8. The first-order valence-corrected chi connectivity index (χ1v) is 7.32. The third kappa shape index (κ3) is 3.39. The molecule has 0 aliphatic heterocycles. The largest absolute Gasteiger partial charge is 0.353 e. The summed E-state index contributed by atoms with van der Waals surface area (Å²) in [6, 6.07) is -0.375. The van der Waals surface area contributed by atoms with Gasteiger partial charge in [0.25, 0.3) is 0 Å². The van der Waals surface area contributed by atoms with Gasteiger partial charge in [0.1, 0.15) is 0 Å². The Morgan fingerprint density at radius 3 is 2.44 bits per heavy atom. The highest BCUT2D eigenvalue weighted by Crippen LogP contribution is 2.39. The van der Waals surface area contributed by atoms with E-state index in [-0.39, 0.29) is 22.6 Å². The maximum absolute atomic E-state index is 11.8. The van der Waals surface area contributed by atoms with Gasteiger partial charge in [-0.1, -0.05) is 26.7 Å². The van der Waals surface area contributed by atoms with Crippen LogP contribution in [0.3, 0.4) is 0 Å². The van der Waals surface area contributed by atoms with E-state index in [1.807, 2.05) is 25.6 Å². The fourth-order valence-electron chi connectivity index (χ4n) is 2.14. The highest BCUT2D eigenvalue weighted by atomic mass is 32.2. The normalized spacial score (nSPS) is 21.1. The quantitative estimate of drug-likeness (QED) is 0.775. The number of nitrogens with two attached hydrogens (primary N) is 1. The average molecular weight is 244 g/mol. The van der Waals surface area contributed by atoms with Crippen LogP contribution in [-0.4, -0.2) is 29.5 Å². The lowest BCUT2D eigenvalue weighted by molar-refractivity contribution is -0.123. The molecule has 0 aromatic heterocycles. The van der Waals surface area contributed by atoms with Crippen molar-refractivity contribution in [3.63, 3.8) is 0 Å². The molecule has 16 heavy (non-hydrogen) atoms. The summed E-state index contributed by atoms with van der Waals surface area (Å²) in [5.41, 5.74) is 5.81. The van der Waals surface area contributed by atoms with E-state index in [9.17, 15) is 4.79 Å². The van der Waals surface area contributed by atoms with Crippen molar-refractivity contribution in [3.8, 4) is 0 Å². The van der Waals surface area contributed by atoms with Crippen LogP contribution in [0, 0.1) is 5.92 Å². The molecule has 0 spiro atoms. The number of carbonyl (C=O) groups is 1. The molecule has 1 atom stereocenters. The van der Waals surface area contributed by atoms with Gasteiger partial charge in [-0.15, -0.1) is 0 Å². The van der Waals surface area contributed by atoms with Gasteiger partial charge in [0.05, 0.1) is 6.04 Å². The van der Waals surface area contributed by atoms with Crippen LogP contribution < -0.4 is 11.1 Å². The highest BCUT2D eigenvalue weighted by Gasteiger charge is 2.33. The zero-order chi connectivity index (χ0) is 12.2. The van der Waals surface area contributed by atoms with Gasteiger partial charge >= 0.3 is 0 Å². The molecule has 4 heteroatoms. The van der Waals surface area contributed by atoms with Crippen molar-refractivity contribution in [1.82, 2.24) is 5.32 Å². The minimum absolute atomic E-state index is 0.00433. The molecule has 94 valence electrons. The molecule has 3 N–H and O–H groups in total. The molecule has 0 radical (unpaired) electrons. The number of rotatable bonds is 5. The predicted octanol–water partition coefficient (Wildman–Crippen LogP) is 1.76. The predicted molar refractivity (Wildman–Crippen MR) is 70.5 cm³/mol. The van der Waals surface area contributed by atoms with Crippen LogP contribution in [-0.2, 0) is 4.79 Å². The first-order valence-electron chi connectivity index (χ1n) is 6.09. The lowest BCUT2D eigenvalue weighted by Crippen LogP contribution is -2.48. The second-order valence-corrected chi connectivity index (χ2v) is 6.36. The molecule has 3 nitrogen and oxygen atoms in total. The summed E-state index contributed by atoms with van der Waals surface area (Å²) < 4.78 is 0.270. The Balaban J connectivity index is 2.41. The summed E-state index contributed by atoms with van der Waals surface area (Å²) in [6.45, 7) is 4.72. The number of hydrogen-bond acceptors (Lipinski definition) is 3. The van der Waals surface area contributed by atoms with E-state index in [4.69, 9.17) is 5.73 Å². The van der Waals surface area contributed by atoms with E-state index >= 15 is 0 Å². The maximum atomic E-state index is 11.8. The van der Waals surface area contributed by atoms with Gasteiger partial charge < -0.3 is 11.1 Å². The molecule has 1 rings (SSSR count). The molecule has 0 aromatic carbocycles. The minimum atomic E-state index is -0.375. The summed E-state index contributed by atoms with van der Waals surface area (Å²) in [6.07, 6.45) is 7.14. The van der Waals surface area contributed by atoms with Gasteiger partial charge in [-0.2, -0.15) is 11.8 Å². The molecule has 0 saturated heterocycles. The number of hydrogen-bond donors (Lipinski definition) is 2. The number of nitrogens with one attached hydrogen (secondary N) is 1. The van der Waals surface area contributed by atoms with Gasteiger partial charge in [-0.3, -0.25) is 4.79 Å². The molecule has 1 saturated carbocycles. The van der Waals surface area contributed by atoms with E-state index in [1.165, 1.54) is 25.7 Å². The third-order valence-corrected chi connectivity index (χ3v) is 4.97. The van der Waals surface area contributed by atoms with Gasteiger partial charge in [-0.05, 0) is 25.0 Å². The number of carbonyl (C=O) groups excluding carboxylic acids is 1. The fraction of sp³-hybridized carbons (Fsp3) is 0.917. The molecule has 0 bridgehead atoms. The van der Waals surface area contributed by atoms with Crippen molar-refractivity contribution >= 4 is 17.7 Å². The molecular formula is C12H24N2OS. The van der Waals surface area contributed by atoms with Crippen LogP contribution >= 0.6 is 11.8 Å². The van der Waals surface area contributed by atoms with Crippen LogP contribution in [0.4, 0.5) is 0 Å². The maximum Gasteiger partial charge on any atom is 0.237 e. The van der Waals surface area contributed by atoms with Crippen molar-refractivity contribution in [3.05, 3.63) is 0 Å². The summed E-state index contributed by atoms with van der Waals surface area (Å²) >= 11 is 1.89. The summed E-state index contributed by atoms with van der Waals surface area (Å²) in [7, 11) is 0. The van der Waals surface area contributed by atoms with Crippen LogP contribution in [0.1, 0.15) is 39.5 Å². The van der Waals surface area contributed by atoms with E-state index in [0.29, 0.717) is 0 Å². The monoisotopic (exact) mass is 244 g/mol. The second kappa shape index (κ2) is 5.92. The topological polar surface area (TPSA) is 55.1 Å². The van der Waals surface area contributed by atoms with Crippen molar-refractivity contribution in [2.75, 3.05) is 12.8 Å². The standard InChI is InChI=1S/C12H24N2OS/c1-9(2)10(13)11(15)14-8-12(16-3)6-4-5-7-12/h9-10H,4-8,13H2,1-3H3,(H,14,15). The summed E-state index contributed by atoms with van der Waals surface area (Å²) in [5.74, 6) is 0.198. The molecule has 0 aromatic rings. The zero-order valence-corrected chi connectivity index (χ0v) is 11.4. The average Bonchev–Trinajstić information content (AvgIpc) is 2.74. The Morgan fingerprint density at radius 1 is 1.44 bits per heavy atom. The van der Waals surface area contributed by atoms with Crippen LogP contribution in [0.2, 0.25) is 0 Å². The van der Waals surface area contributed by atoms with Gasteiger partial charge in [0, 0.05) is 11.3 Å². The Morgan fingerprint density at radius 2 is 2.00 bits per heavy atom. The lowest BCUT2D eigenvalue weighted by atomic mass is 10.0. The van der Waals surface area contributed by atoms with E-state index in [1.54, 1.807) is 0 Å². The van der Waals surface area contributed by atoms with Crippen molar-refractivity contribution in [2.24, 2.45) is 11.7 Å². The van der Waals surface area contributed by atoms with Gasteiger partial charge in [-0.25, -0.2) is 0 Å². The zero-order valence-electron chi connectivity index (χ0n) is 10.6. The minimum Gasteiger partial charge on any atom is -0.353 e. The molecule has 1 aliphatic carbocycles. The Bertz CT molecular complexity index is 237. The Hall–Kier alpha value is -0.220. The molecule has 1 unspecified atom stereocenters. The number of thioether (sulfide) groups is 1. The fourth-order valence-corrected chi connectivity index (χ4v) is 3.05. The van der Waals surface area contributed by atoms with Crippen LogP contribution in [0.15, 0.2) is 0 Å². The first-order chi connectivity index (χ1) is 7.51. The van der Waals surface area contributed by atoms with Gasteiger partial charge in [0.15, 0.2) is 0 Å². The summed E-state index contributed by atoms with van der Waals surface area (Å²) in [5, 5.41) is 3.01. The third-order valence-electron chi connectivity index (χ3n) is 3.55. The number of amides is 1. The van der Waals surface area contributed by atoms with Crippen molar-refractivity contribution in [1.29, 1.82) is 0 Å². The molecule has 0 heterocycles. The lowest BCUT2D eigenvalue weighted by Gasteiger charge is -2.28. The van der Waals surface area contributed by atoms with E-state index < -0.39 is 0 Å². The summed E-state index contributed by atoms with van der Waals surface area (Å²) in [4.78, 5) is 11.8. The second-order valence-electron chi connectivity index (χ2n) is 5.08. The van der Waals surface area contributed by atoms with Crippen molar-refractivity contribution < 1.29 is 4.79 Å². The Labute approximate surface area is 103 Å². The van der Waals surface area contributed by atoms with E-state index in [2.05, 4.69) is 11.6 Å². The van der Waals surface area contributed by atoms with Crippen LogP contribution in [0.5, 0.6) is 0 Å². The highest BCUT2D eigenvalue weighted by molar-refractivity contribution is 8.00. The Kier molecular flexibility index (Phi) is 5.12. The van der Waals surface area contributed by atoms with Crippen LogP contribution in [0.25, 0.3) is 0 Å².